The Morgan fingerprint density at radius 1 is 1.07 bits per heavy atom. The predicted octanol–water partition coefficient (Wildman–Crippen LogP) is 2.76. The van der Waals surface area contributed by atoms with Crippen molar-refractivity contribution in [1.29, 1.82) is 0 Å². The van der Waals surface area contributed by atoms with E-state index in [1.807, 2.05) is 52.1 Å². The van der Waals surface area contributed by atoms with Gasteiger partial charge in [0, 0.05) is 19.6 Å². The van der Waals surface area contributed by atoms with E-state index in [2.05, 4.69) is 16.8 Å². The van der Waals surface area contributed by atoms with Gasteiger partial charge in [-0.15, -0.1) is 0 Å². The molecule has 0 radical (unpaired) electrons. The standard InChI is InChI=1S/C22H31N3O2/c1-15(2)14-25-21(26)19(17-8-6-16(3)7-9-17)20(22(25)27)24(5)18-10-12-23(4)13-11-18/h6-9,15,18H,10-14H2,1-5H3. The van der Waals surface area contributed by atoms with Crippen LogP contribution in [-0.4, -0.2) is 66.3 Å². The molecule has 0 aliphatic carbocycles. The molecule has 2 heterocycles. The number of nitrogens with zero attached hydrogens (tertiary/aromatic N) is 3. The van der Waals surface area contributed by atoms with E-state index in [9.17, 15) is 9.59 Å². The number of likely N-dealkylation sites (tertiary alicyclic amines) is 1. The van der Waals surface area contributed by atoms with Crippen LogP contribution in [0.5, 0.6) is 0 Å². The number of piperidine rings is 1. The van der Waals surface area contributed by atoms with Gasteiger partial charge in [-0.3, -0.25) is 14.5 Å². The van der Waals surface area contributed by atoms with Gasteiger partial charge in [-0.25, -0.2) is 0 Å². The Kier molecular flexibility index (Phi) is 5.70. The molecule has 0 spiro atoms. The van der Waals surface area contributed by atoms with Gasteiger partial charge in [0.2, 0.25) is 0 Å². The number of benzene rings is 1. The molecule has 27 heavy (non-hydrogen) atoms. The molecular weight excluding hydrogens is 338 g/mol. The molecular formula is C22H31N3O2. The third-order valence-corrected chi connectivity index (χ3v) is 5.62. The number of hydrogen-bond donors (Lipinski definition) is 0. The largest absolute Gasteiger partial charge is 0.366 e. The minimum Gasteiger partial charge on any atom is -0.366 e. The molecule has 0 unspecified atom stereocenters. The highest BCUT2D eigenvalue weighted by Crippen LogP contribution is 2.34. The van der Waals surface area contributed by atoms with E-state index in [4.69, 9.17) is 0 Å². The van der Waals surface area contributed by atoms with Crippen LogP contribution in [0.2, 0.25) is 0 Å². The molecule has 2 aliphatic heterocycles. The molecule has 5 nitrogen and oxygen atoms in total. The first-order chi connectivity index (χ1) is 12.8. The number of carbonyl (C=O) groups is 2. The molecule has 5 heteroatoms. The van der Waals surface area contributed by atoms with Crippen LogP contribution in [-0.2, 0) is 9.59 Å². The highest BCUT2D eigenvalue weighted by Gasteiger charge is 2.42. The third-order valence-electron chi connectivity index (χ3n) is 5.62. The fourth-order valence-corrected chi connectivity index (χ4v) is 3.97. The average Bonchev–Trinajstić information content (AvgIpc) is 2.87. The van der Waals surface area contributed by atoms with Gasteiger partial charge >= 0.3 is 0 Å². The molecule has 1 fully saturated rings. The van der Waals surface area contributed by atoms with Crippen molar-refractivity contribution in [3.05, 3.63) is 41.1 Å². The molecule has 0 atom stereocenters. The van der Waals surface area contributed by atoms with Crippen molar-refractivity contribution in [2.24, 2.45) is 5.92 Å². The fraction of sp³-hybridized carbons (Fsp3) is 0.545. The second kappa shape index (κ2) is 7.85. The second-order valence-corrected chi connectivity index (χ2v) is 8.35. The Balaban J connectivity index is 2.00. The van der Waals surface area contributed by atoms with E-state index >= 15 is 0 Å². The van der Waals surface area contributed by atoms with Crippen LogP contribution in [0.25, 0.3) is 5.57 Å². The number of aryl methyl sites for hydroxylation is 1. The summed E-state index contributed by atoms with van der Waals surface area (Å²) in [5.74, 6) is -0.0665. The van der Waals surface area contributed by atoms with E-state index in [1.165, 1.54) is 4.90 Å². The number of amides is 2. The second-order valence-electron chi connectivity index (χ2n) is 8.35. The monoisotopic (exact) mass is 369 g/mol. The Bertz CT molecular complexity index is 743. The number of hydrogen-bond acceptors (Lipinski definition) is 4. The van der Waals surface area contributed by atoms with Gasteiger partial charge in [-0.05, 0) is 51.4 Å². The lowest BCUT2D eigenvalue weighted by Crippen LogP contribution is -2.44. The highest BCUT2D eigenvalue weighted by atomic mass is 16.2. The molecule has 1 saturated heterocycles. The van der Waals surface area contributed by atoms with Crippen molar-refractivity contribution in [1.82, 2.24) is 14.7 Å². The zero-order valence-corrected chi connectivity index (χ0v) is 17.2. The van der Waals surface area contributed by atoms with Crippen LogP contribution < -0.4 is 0 Å². The van der Waals surface area contributed by atoms with Crippen LogP contribution >= 0.6 is 0 Å². The molecule has 2 aliphatic rings. The number of rotatable bonds is 5. The van der Waals surface area contributed by atoms with Crippen LogP contribution in [0.3, 0.4) is 0 Å². The lowest BCUT2D eigenvalue weighted by molar-refractivity contribution is -0.138. The first kappa shape index (κ1) is 19.6. The zero-order chi connectivity index (χ0) is 19.7. The van der Waals surface area contributed by atoms with Gasteiger partial charge in [0.05, 0.1) is 5.57 Å². The SMILES string of the molecule is Cc1ccc(C2=C(N(C)C3CCN(C)CC3)C(=O)N(CC(C)C)C2=O)cc1. The topological polar surface area (TPSA) is 43.9 Å². The van der Waals surface area contributed by atoms with E-state index in [0.717, 1.165) is 37.1 Å². The molecule has 0 bridgehead atoms. The molecule has 0 saturated carbocycles. The summed E-state index contributed by atoms with van der Waals surface area (Å²) in [5.41, 5.74) is 3.10. The Labute approximate surface area is 162 Å². The summed E-state index contributed by atoms with van der Waals surface area (Å²) in [6.07, 6.45) is 2.01. The minimum atomic E-state index is -0.160. The molecule has 1 aromatic rings. The average molecular weight is 370 g/mol. The smallest absolute Gasteiger partial charge is 0.277 e. The van der Waals surface area contributed by atoms with E-state index < -0.39 is 0 Å². The van der Waals surface area contributed by atoms with Crippen LogP contribution in [0.4, 0.5) is 0 Å². The lowest BCUT2D eigenvalue weighted by atomic mass is 9.99. The van der Waals surface area contributed by atoms with Crippen molar-refractivity contribution in [2.45, 2.75) is 39.7 Å². The summed E-state index contributed by atoms with van der Waals surface area (Å²) < 4.78 is 0. The Hall–Kier alpha value is -2.14. The van der Waals surface area contributed by atoms with Gasteiger partial charge < -0.3 is 9.80 Å². The van der Waals surface area contributed by atoms with Crippen LogP contribution in [0.1, 0.15) is 37.8 Å². The third kappa shape index (κ3) is 3.93. The molecule has 1 aromatic carbocycles. The molecule has 0 N–H and O–H groups in total. The number of likely N-dealkylation sites (N-methyl/N-ethyl adjacent to an activating group) is 1. The number of imide groups is 1. The Morgan fingerprint density at radius 3 is 2.22 bits per heavy atom. The molecule has 2 amide bonds. The van der Waals surface area contributed by atoms with Crippen molar-refractivity contribution in [2.75, 3.05) is 33.7 Å². The van der Waals surface area contributed by atoms with Crippen molar-refractivity contribution < 1.29 is 9.59 Å². The van der Waals surface area contributed by atoms with Crippen molar-refractivity contribution in [3.8, 4) is 0 Å². The fourth-order valence-electron chi connectivity index (χ4n) is 3.97. The van der Waals surface area contributed by atoms with Crippen molar-refractivity contribution >= 4 is 17.4 Å². The zero-order valence-electron chi connectivity index (χ0n) is 17.2. The summed E-state index contributed by atoms with van der Waals surface area (Å²) in [4.78, 5) is 32.3. The van der Waals surface area contributed by atoms with E-state index in [0.29, 0.717) is 17.8 Å². The van der Waals surface area contributed by atoms with Gasteiger partial charge in [-0.2, -0.15) is 0 Å². The van der Waals surface area contributed by atoms with Crippen LogP contribution in [0.15, 0.2) is 30.0 Å². The summed E-state index contributed by atoms with van der Waals surface area (Å²) in [6, 6.07) is 8.19. The minimum absolute atomic E-state index is 0.147. The molecule has 146 valence electrons. The lowest BCUT2D eigenvalue weighted by Gasteiger charge is -2.36. The highest BCUT2D eigenvalue weighted by molar-refractivity contribution is 6.35. The summed E-state index contributed by atoms with van der Waals surface area (Å²) >= 11 is 0. The molecule has 3 rings (SSSR count). The van der Waals surface area contributed by atoms with Gasteiger partial charge in [0.1, 0.15) is 5.70 Å². The maximum atomic E-state index is 13.2. The van der Waals surface area contributed by atoms with Gasteiger partial charge in [-0.1, -0.05) is 43.7 Å². The summed E-state index contributed by atoms with van der Waals surface area (Å²) in [6.45, 7) is 8.57. The maximum absolute atomic E-state index is 13.2. The van der Waals surface area contributed by atoms with Gasteiger partial charge in [0.25, 0.3) is 11.8 Å². The first-order valence-electron chi connectivity index (χ1n) is 9.88. The van der Waals surface area contributed by atoms with E-state index in [-0.39, 0.29) is 23.8 Å². The van der Waals surface area contributed by atoms with Crippen molar-refractivity contribution in [3.63, 3.8) is 0 Å². The number of carbonyl (C=O) groups excluding carboxylic acids is 2. The van der Waals surface area contributed by atoms with Crippen LogP contribution in [0, 0.1) is 12.8 Å². The van der Waals surface area contributed by atoms with E-state index in [1.54, 1.807) is 0 Å². The van der Waals surface area contributed by atoms with Gasteiger partial charge in [0.15, 0.2) is 0 Å². The quantitative estimate of drug-likeness (QED) is 0.749. The first-order valence-corrected chi connectivity index (χ1v) is 9.88. The molecule has 0 aromatic heterocycles. The summed E-state index contributed by atoms with van der Waals surface area (Å²) in [5, 5.41) is 0. The predicted molar refractivity (Wildman–Crippen MR) is 108 cm³/mol. The normalized spacial score (nSPS) is 19.6. The Morgan fingerprint density at radius 2 is 1.67 bits per heavy atom. The maximum Gasteiger partial charge on any atom is 0.277 e. The summed E-state index contributed by atoms with van der Waals surface area (Å²) in [7, 11) is 4.10.